The second-order valence-corrected chi connectivity index (χ2v) is 3.87. The van der Waals surface area contributed by atoms with E-state index in [4.69, 9.17) is 0 Å². The van der Waals surface area contributed by atoms with Crippen LogP contribution in [0.3, 0.4) is 0 Å². The number of nitrogens with zero attached hydrogens (tertiary/aromatic N) is 3. The number of carbonyl (C=O) groups is 1. The van der Waals surface area contributed by atoms with E-state index in [1.165, 1.54) is 4.90 Å². The summed E-state index contributed by atoms with van der Waals surface area (Å²) in [6, 6.07) is 3.33. The monoisotopic (exact) mass is 238 g/mol. The van der Waals surface area contributed by atoms with E-state index in [-0.39, 0.29) is 18.1 Å². The summed E-state index contributed by atoms with van der Waals surface area (Å²) < 4.78 is 0. The molecule has 0 bridgehead atoms. The summed E-state index contributed by atoms with van der Waals surface area (Å²) in [5.41, 5.74) is 0.273. The summed E-state index contributed by atoms with van der Waals surface area (Å²) in [5.74, 6) is 0.392. The summed E-state index contributed by atoms with van der Waals surface area (Å²) in [6.45, 7) is 4.61. The van der Waals surface area contributed by atoms with Gasteiger partial charge in [-0.2, -0.15) is 0 Å². The van der Waals surface area contributed by atoms with Crippen molar-refractivity contribution in [3.63, 3.8) is 0 Å². The number of aliphatic hydroxyl groups excluding tert-OH is 1. The molecule has 1 heterocycles. The molecule has 0 aliphatic carbocycles. The number of aliphatic hydroxyl groups is 1. The van der Waals surface area contributed by atoms with Gasteiger partial charge < -0.3 is 15.3 Å². The molecular weight excluding hydrogens is 220 g/mol. The average molecular weight is 238 g/mol. The lowest BCUT2D eigenvalue weighted by molar-refractivity contribution is 0.0697. The Kier molecular flexibility index (Phi) is 4.84. The number of anilines is 1. The quantitative estimate of drug-likeness (QED) is 0.774. The van der Waals surface area contributed by atoms with Crippen LogP contribution in [0.1, 0.15) is 24.3 Å². The van der Waals surface area contributed by atoms with Crippen LogP contribution in [0.4, 0.5) is 5.82 Å². The molecule has 6 heteroatoms. The zero-order valence-electron chi connectivity index (χ0n) is 10.3. The predicted octanol–water partition coefficient (Wildman–Crippen LogP) is 0.361. The third kappa shape index (κ3) is 3.99. The van der Waals surface area contributed by atoms with Crippen LogP contribution in [0.5, 0.6) is 0 Å². The van der Waals surface area contributed by atoms with Crippen LogP contribution in [0.15, 0.2) is 12.1 Å². The molecule has 1 atom stereocenters. The molecule has 0 radical (unpaired) electrons. The van der Waals surface area contributed by atoms with Crippen molar-refractivity contribution in [2.45, 2.75) is 20.0 Å². The summed E-state index contributed by atoms with van der Waals surface area (Å²) in [4.78, 5) is 13.3. The lowest BCUT2D eigenvalue weighted by atomic mass is 10.3. The zero-order valence-corrected chi connectivity index (χ0v) is 10.3. The molecule has 0 aliphatic rings. The Bertz CT molecular complexity index is 364. The highest BCUT2D eigenvalue weighted by Crippen LogP contribution is 2.04. The fraction of sp³-hybridized carbons (Fsp3) is 0.545. The van der Waals surface area contributed by atoms with Gasteiger partial charge in [-0.25, -0.2) is 0 Å². The molecule has 17 heavy (non-hydrogen) atoms. The average Bonchev–Trinajstić information content (AvgIpc) is 2.28. The van der Waals surface area contributed by atoms with Gasteiger partial charge in [0.25, 0.3) is 5.91 Å². The first kappa shape index (κ1) is 13.4. The Morgan fingerprint density at radius 1 is 1.53 bits per heavy atom. The molecule has 1 unspecified atom stereocenters. The minimum atomic E-state index is -0.557. The third-order valence-corrected chi connectivity index (χ3v) is 2.13. The number of carbonyl (C=O) groups excluding carboxylic acids is 1. The fourth-order valence-corrected chi connectivity index (χ4v) is 1.40. The number of likely N-dealkylation sites (N-methyl/N-ethyl adjacent to an activating group) is 1. The molecule has 94 valence electrons. The molecule has 1 aromatic heterocycles. The first-order valence-electron chi connectivity index (χ1n) is 5.55. The highest BCUT2D eigenvalue weighted by molar-refractivity contribution is 5.92. The minimum Gasteiger partial charge on any atom is -0.392 e. The van der Waals surface area contributed by atoms with Gasteiger partial charge in [-0.15, -0.1) is 10.2 Å². The molecular formula is C11H18N4O2. The standard InChI is InChI=1S/C11H18N4O2/c1-4-12-10-6-5-9(13-14-10)11(17)15(3)7-8(2)16/h5-6,8,16H,4,7H2,1-3H3,(H,12,14). The number of amides is 1. The molecule has 2 N–H and O–H groups in total. The SMILES string of the molecule is CCNc1ccc(C(=O)N(C)CC(C)O)nn1. The van der Waals surface area contributed by atoms with Crippen molar-refractivity contribution in [3.05, 3.63) is 17.8 Å². The largest absolute Gasteiger partial charge is 0.392 e. The Morgan fingerprint density at radius 3 is 2.71 bits per heavy atom. The highest BCUT2D eigenvalue weighted by atomic mass is 16.3. The first-order chi connectivity index (χ1) is 8.04. The van der Waals surface area contributed by atoms with Crippen molar-refractivity contribution in [3.8, 4) is 0 Å². The van der Waals surface area contributed by atoms with Crippen molar-refractivity contribution in [1.29, 1.82) is 0 Å². The molecule has 0 spiro atoms. The molecule has 0 saturated carbocycles. The molecule has 1 aromatic rings. The Balaban J connectivity index is 2.69. The lowest BCUT2D eigenvalue weighted by Crippen LogP contribution is -2.33. The second kappa shape index (κ2) is 6.15. The van der Waals surface area contributed by atoms with Crippen LogP contribution in [-0.4, -0.2) is 52.4 Å². The van der Waals surface area contributed by atoms with Gasteiger partial charge in [0.05, 0.1) is 6.10 Å². The first-order valence-corrected chi connectivity index (χ1v) is 5.55. The zero-order chi connectivity index (χ0) is 12.8. The van der Waals surface area contributed by atoms with Crippen LogP contribution >= 0.6 is 0 Å². The maximum Gasteiger partial charge on any atom is 0.274 e. The van der Waals surface area contributed by atoms with Crippen molar-refractivity contribution in [2.75, 3.05) is 25.5 Å². The normalized spacial score (nSPS) is 12.0. The molecule has 0 aliphatic heterocycles. The van der Waals surface area contributed by atoms with Gasteiger partial charge >= 0.3 is 0 Å². The van der Waals surface area contributed by atoms with E-state index in [1.807, 2.05) is 6.92 Å². The predicted molar refractivity (Wildman–Crippen MR) is 64.8 cm³/mol. The van der Waals surface area contributed by atoms with E-state index in [0.717, 1.165) is 6.54 Å². The van der Waals surface area contributed by atoms with Crippen LogP contribution in [0, 0.1) is 0 Å². The van der Waals surface area contributed by atoms with Gasteiger partial charge in [0, 0.05) is 20.1 Å². The van der Waals surface area contributed by atoms with E-state index < -0.39 is 6.10 Å². The number of hydrogen-bond acceptors (Lipinski definition) is 5. The Labute approximate surface area is 101 Å². The van der Waals surface area contributed by atoms with Gasteiger partial charge in [-0.3, -0.25) is 4.79 Å². The van der Waals surface area contributed by atoms with E-state index in [2.05, 4.69) is 15.5 Å². The summed E-state index contributed by atoms with van der Waals surface area (Å²) in [7, 11) is 1.62. The van der Waals surface area contributed by atoms with Crippen molar-refractivity contribution >= 4 is 11.7 Å². The topological polar surface area (TPSA) is 78.4 Å². The number of aromatic nitrogens is 2. The van der Waals surface area contributed by atoms with Crippen LogP contribution in [0.25, 0.3) is 0 Å². The van der Waals surface area contributed by atoms with Crippen molar-refractivity contribution < 1.29 is 9.90 Å². The highest BCUT2D eigenvalue weighted by Gasteiger charge is 2.15. The number of nitrogens with one attached hydrogen (secondary N) is 1. The minimum absolute atomic E-state index is 0.249. The molecule has 0 fully saturated rings. The van der Waals surface area contributed by atoms with Crippen molar-refractivity contribution in [1.82, 2.24) is 15.1 Å². The van der Waals surface area contributed by atoms with Crippen LogP contribution in [0.2, 0.25) is 0 Å². The molecule has 6 nitrogen and oxygen atoms in total. The second-order valence-electron chi connectivity index (χ2n) is 3.87. The van der Waals surface area contributed by atoms with Gasteiger partial charge in [-0.1, -0.05) is 0 Å². The number of rotatable bonds is 5. The molecule has 0 aromatic carbocycles. The van der Waals surface area contributed by atoms with E-state index in [0.29, 0.717) is 5.82 Å². The van der Waals surface area contributed by atoms with Gasteiger partial charge in [0.15, 0.2) is 5.69 Å². The lowest BCUT2D eigenvalue weighted by Gasteiger charge is -2.17. The smallest absolute Gasteiger partial charge is 0.274 e. The third-order valence-electron chi connectivity index (χ3n) is 2.13. The molecule has 1 rings (SSSR count). The van der Waals surface area contributed by atoms with E-state index in [9.17, 15) is 9.90 Å². The Hall–Kier alpha value is -1.69. The molecule has 0 saturated heterocycles. The van der Waals surface area contributed by atoms with Gasteiger partial charge in [0.1, 0.15) is 5.82 Å². The number of hydrogen-bond donors (Lipinski definition) is 2. The van der Waals surface area contributed by atoms with Crippen molar-refractivity contribution in [2.24, 2.45) is 0 Å². The summed E-state index contributed by atoms with van der Waals surface area (Å²) in [5, 5.41) is 19.9. The van der Waals surface area contributed by atoms with Gasteiger partial charge in [-0.05, 0) is 26.0 Å². The van der Waals surface area contributed by atoms with Gasteiger partial charge in [0.2, 0.25) is 0 Å². The van der Waals surface area contributed by atoms with E-state index in [1.54, 1.807) is 26.1 Å². The fourth-order valence-electron chi connectivity index (χ4n) is 1.40. The van der Waals surface area contributed by atoms with Crippen LogP contribution < -0.4 is 5.32 Å². The maximum absolute atomic E-state index is 11.8. The maximum atomic E-state index is 11.8. The van der Waals surface area contributed by atoms with E-state index >= 15 is 0 Å². The summed E-state index contributed by atoms with van der Waals surface area (Å²) in [6.07, 6.45) is -0.557. The Morgan fingerprint density at radius 2 is 2.24 bits per heavy atom. The summed E-state index contributed by atoms with van der Waals surface area (Å²) >= 11 is 0. The van der Waals surface area contributed by atoms with Crippen LogP contribution in [-0.2, 0) is 0 Å². The molecule has 1 amide bonds.